The number of nitrogens with zero attached hydrogens (tertiary/aromatic N) is 1. The van der Waals surface area contributed by atoms with Gasteiger partial charge in [-0.1, -0.05) is 63.2 Å². The molecule has 0 unspecified atom stereocenters. The number of carbonyl (C=O) groups is 1. The molecule has 3 rings (SSSR count). The Bertz CT molecular complexity index is 880. The average molecular weight is 359 g/mol. The molecule has 3 aromatic rings. The molecule has 0 atom stereocenters. The minimum Gasteiger partial charge on any atom is -0.354 e. The Morgan fingerprint density at radius 1 is 0.889 bits per heavy atom. The summed E-state index contributed by atoms with van der Waals surface area (Å²) in [5.41, 5.74) is 4.72. The average Bonchev–Trinajstić information content (AvgIpc) is 2.67. The SMILES string of the molecule is CC(C)(C)c1ccc(Nc2ccc(C(=O)NCc3ccccc3)nc2)cc1. The van der Waals surface area contributed by atoms with Crippen molar-refractivity contribution in [3.8, 4) is 0 Å². The number of pyridine rings is 1. The van der Waals surface area contributed by atoms with Crippen LogP contribution in [0.15, 0.2) is 72.9 Å². The fraction of sp³-hybridized carbons (Fsp3) is 0.217. The van der Waals surface area contributed by atoms with E-state index in [1.165, 1.54) is 5.56 Å². The van der Waals surface area contributed by atoms with E-state index in [0.717, 1.165) is 16.9 Å². The smallest absolute Gasteiger partial charge is 0.270 e. The van der Waals surface area contributed by atoms with Gasteiger partial charge in [0.1, 0.15) is 5.69 Å². The summed E-state index contributed by atoms with van der Waals surface area (Å²) in [6, 6.07) is 21.8. The largest absolute Gasteiger partial charge is 0.354 e. The number of rotatable bonds is 5. The molecule has 138 valence electrons. The number of aromatic nitrogens is 1. The third-order valence-corrected chi connectivity index (χ3v) is 4.33. The van der Waals surface area contributed by atoms with Gasteiger partial charge in [0.15, 0.2) is 0 Å². The zero-order chi connectivity index (χ0) is 19.3. The number of hydrogen-bond donors (Lipinski definition) is 2. The van der Waals surface area contributed by atoms with Crippen LogP contribution in [-0.4, -0.2) is 10.9 Å². The molecule has 0 fully saturated rings. The van der Waals surface area contributed by atoms with Gasteiger partial charge in [0, 0.05) is 12.2 Å². The summed E-state index contributed by atoms with van der Waals surface area (Å²) in [6.07, 6.45) is 1.68. The highest BCUT2D eigenvalue weighted by atomic mass is 16.1. The molecule has 0 saturated carbocycles. The lowest BCUT2D eigenvalue weighted by atomic mass is 9.87. The van der Waals surface area contributed by atoms with E-state index >= 15 is 0 Å². The van der Waals surface area contributed by atoms with Crippen molar-refractivity contribution >= 4 is 17.3 Å². The minimum atomic E-state index is -0.181. The number of hydrogen-bond acceptors (Lipinski definition) is 3. The lowest BCUT2D eigenvalue weighted by Gasteiger charge is -2.19. The molecule has 2 aromatic carbocycles. The Kier molecular flexibility index (Phi) is 5.55. The highest BCUT2D eigenvalue weighted by Gasteiger charge is 2.13. The molecule has 1 aromatic heterocycles. The monoisotopic (exact) mass is 359 g/mol. The van der Waals surface area contributed by atoms with Crippen molar-refractivity contribution in [1.29, 1.82) is 0 Å². The van der Waals surface area contributed by atoms with Crippen LogP contribution in [0.4, 0.5) is 11.4 Å². The molecule has 27 heavy (non-hydrogen) atoms. The number of nitrogens with one attached hydrogen (secondary N) is 2. The number of carbonyl (C=O) groups excluding carboxylic acids is 1. The van der Waals surface area contributed by atoms with Gasteiger partial charge in [-0.15, -0.1) is 0 Å². The molecule has 0 aliphatic rings. The van der Waals surface area contributed by atoms with Crippen molar-refractivity contribution in [2.75, 3.05) is 5.32 Å². The molecular weight excluding hydrogens is 334 g/mol. The fourth-order valence-electron chi connectivity index (χ4n) is 2.69. The topological polar surface area (TPSA) is 54.0 Å². The Morgan fingerprint density at radius 3 is 2.15 bits per heavy atom. The Balaban J connectivity index is 1.59. The summed E-state index contributed by atoms with van der Waals surface area (Å²) in [6.45, 7) is 7.07. The van der Waals surface area contributed by atoms with Gasteiger partial charge in [-0.2, -0.15) is 0 Å². The molecule has 0 spiro atoms. The molecule has 4 nitrogen and oxygen atoms in total. The molecule has 1 heterocycles. The van der Waals surface area contributed by atoms with Crippen molar-refractivity contribution in [2.24, 2.45) is 0 Å². The molecule has 2 N–H and O–H groups in total. The molecule has 0 aliphatic carbocycles. The fourth-order valence-corrected chi connectivity index (χ4v) is 2.69. The second kappa shape index (κ2) is 8.04. The van der Waals surface area contributed by atoms with E-state index in [0.29, 0.717) is 12.2 Å². The van der Waals surface area contributed by atoms with Crippen LogP contribution in [0.1, 0.15) is 42.4 Å². The van der Waals surface area contributed by atoms with Crippen molar-refractivity contribution in [3.63, 3.8) is 0 Å². The lowest BCUT2D eigenvalue weighted by Crippen LogP contribution is -2.23. The van der Waals surface area contributed by atoms with Crippen LogP contribution < -0.4 is 10.6 Å². The van der Waals surface area contributed by atoms with Gasteiger partial charge in [0.05, 0.1) is 11.9 Å². The minimum absolute atomic E-state index is 0.134. The van der Waals surface area contributed by atoms with Gasteiger partial charge in [0.25, 0.3) is 5.91 Å². The van der Waals surface area contributed by atoms with E-state index in [1.54, 1.807) is 12.3 Å². The highest BCUT2D eigenvalue weighted by Crippen LogP contribution is 2.24. The first kappa shape index (κ1) is 18.6. The van der Waals surface area contributed by atoms with Gasteiger partial charge < -0.3 is 10.6 Å². The molecule has 0 saturated heterocycles. The van der Waals surface area contributed by atoms with Gasteiger partial charge in [-0.3, -0.25) is 4.79 Å². The summed E-state index contributed by atoms with van der Waals surface area (Å²) < 4.78 is 0. The van der Waals surface area contributed by atoms with Crippen molar-refractivity contribution in [1.82, 2.24) is 10.3 Å². The highest BCUT2D eigenvalue weighted by molar-refractivity contribution is 5.92. The van der Waals surface area contributed by atoms with Crippen LogP contribution in [0.25, 0.3) is 0 Å². The first-order chi connectivity index (χ1) is 12.9. The van der Waals surface area contributed by atoms with Crippen LogP contribution in [-0.2, 0) is 12.0 Å². The van der Waals surface area contributed by atoms with E-state index in [1.807, 2.05) is 36.4 Å². The standard InChI is InChI=1S/C23H25N3O/c1-23(2,3)18-9-11-19(12-10-18)26-20-13-14-21(24-16-20)22(27)25-15-17-7-5-4-6-8-17/h4-14,16,26H,15H2,1-3H3,(H,25,27). The van der Waals surface area contributed by atoms with Gasteiger partial charge in [0.2, 0.25) is 0 Å². The summed E-state index contributed by atoms with van der Waals surface area (Å²) in [5, 5.41) is 6.20. The van der Waals surface area contributed by atoms with Crippen LogP contribution in [0, 0.1) is 0 Å². The maximum Gasteiger partial charge on any atom is 0.270 e. The molecule has 0 aliphatic heterocycles. The van der Waals surface area contributed by atoms with Crippen molar-refractivity contribution in [3.05, 3.63) is 89.7 Å². The number of amides is 1. The summed E-state index contributed by atoms with van der Waals surface area (Å²) in [7, 11) is 0. The molecule has 0 bridgehead atoms. The number of benzene rings is 2. The first-order valence-electron chi connectivity index (χ1n) is 9.07. The lowest BCUT2D eigenvalue weighted by molar-refractivity contribution is 0.0946. The van der Waals surface area contributed by atoms with Crippen LogP contribution in [0.3, 0.4) is 0 Å². The van der Waals surface area contributed by atoms with Crippen LogP contribution in [0.5, 0.6) is 0 Å². The molecule has 0 radical (unpaired) electrons. The van der Waals surface area contributed by atoms with Crippen LogP contribution >= 0.6 is 0 Å². The van der Waals surface area contributed by atoms with E-state index in [4.69, 9.17) is 0 Å². The normalized spacial score (nSPS) is 11.1. The number of anilines is 2. The summed E-state index contributed by atoms with van der Waals surface area (Å²) >= 11 is 0. The molecule has 1 amide bonds. The third kappa shape index (κ3) is 5.17. The van der Waals surface area contributed by atoms with E-state index in [-0.39, 0.29) is 11.3 Å². The van der Waals surface area contributed by atoms with E-state index < -0.39 is 0 Å². The summed E-state index contributed by atoms with van der Waals surface area (Å²) in [5.74, 6) is -0.181. The maximum absolute atomic E-state index is 12.2. The molecular formula is C23H25N3O. The Morgan fingerprint density at radius 2 is 1.56 bits per heavy atom. The van der Waals surface area contributed by atoms with Crippen molar-refractivity contribution in [2.45, 2.75) is 32.7 Å². The summed E-state index contributed by atoms with van der Waals surface area (Å²) in [4.78, 5) is 16.5. The van der Waals surface area contributed by atoms with Gasteiger partial charge in [-0.05, 0) is 40.8 Å². The van der Waals surface area contributed by atoms with Gasteiger partial charge in [-0.25, -0.2) is 4.98 Å². The zero-order valence-electron chi connectivity index (χ0n) is 16.0. The van der Waals surface area contributed by atoms with Gasteiger partial charge >= 0.3 is 0 Å². The maximum atomic E-state index is 12.2. The zero-order valence-corrected chi connectivity index (χ0v) is 16.0. The second-order valence-corrected chi connectivity index (χ2v) is 7.55. The Labute approximate surface area is 160 Å². The first-order valence-corrected chi connectivity index (χ1v) is 9.07. The van der Waals surface area contributed by atoms with E-state index in [9.17, 15) is 4.79 Å². The van der Waals surface area contributed by atoms with Crippen LogP contribution in [0.2, 0.25) is 0 Å². The predicted octanol–water partition coefficient (Wildman–Crippen LogP) is 5.05. The Hall–Kier alpha value is -3.14. The third-order valence-electron chi connectivity index (χ3n) is 4.33. The molecule has 4 heteroatoms. The predicted molar refractivity (Wildman–Crippen MR) is 110 cm³/mol. The van der Waals surface area contributed by atoms with Crippen molar-refractivity contribution < 1.29 is 4.79 Å². The quantitative estimate of drug-likeness (QED) is 0.670. The second-order valence-electron chi connectivity index (χ2n) is 7.55. The van der Waals surface area contributed by atoms with E-state index in [2.05, 4.69) is 60.7 Å².